The van der Waals surface area contributed by atoms with Crippen molar-refractivity contribution < 1.29 is 14.3 Å². The molecule has 0 aliphatic rings. The molecule has 6 heteroatoms. The minimum Gasteiger partial charge on any atom is -0.399 e. The topological polar surface area (TPSA) is 77.7 Å². The van der Waals surface area contributed by atoms with Crippen LogP contribution in [0.1, 0.15) is 24.3 Å². The van der Waals surface area contributed by atoms with Crippen molar-refractivity contribution in [1.29, 1.82) is 0 Å². The Hall–Kier alpha value is -1.66. The number of anilines is 1. The number of rotatable bonds is 9. The number of carbonyl (C=O) groups excluding carboxylic acids is 1. The second-order valence-electron chi connectivity index (χ2n) is 4.16. The number of hydrogen-bond acceptors (Lipinski definition) is 5. The molecule has 0 aromatic carbocycles. The third-order valence-electron chi connectivity index (χ3n) is 2.71. The van der Waals surface area contributed by atoms with Crippen LogP contribution in [0.25, 0.3) is 0 Å². The highest BCUT2D eigenvalue weighted by Gasteiger charge is 2.16. The van der Waals surface area contributed by atoms with Crippen LogP contribution in [-0.2, 0) is 9.47 Å². The first-order chi connectivity index (χ1) is 9.69. The van der Waals surface area contributed by atoms with E-state index in [0.717, 1.165) is 0 Å². The standard InChI is InChI=1S/C14H23N3O3/c1-3-19-9-7-17(8-10-20-4-2)14(18)13-11-12(15)5-6-16-13/h5-6,11H,3-4,7-10H2,1-2H3,(H2,15,16). The Bertz CT molecular complexity index is 402. The van der Waals surface area contributed by atoms with Gasteiger partial charge >= 0.3 is 0 Å². The molecule has 0 atom stereocenters. The molecule has 1 heterocycles. The summed E-state index contributed by atoms with van der Waals surface area (Å²) < 4.78 is 10.6. The largest absolute Gasteiger partial charge is 0.399 e. The van der Waals surface area contributed by atoms with Gasteiger partial charge in [-0.15, -0.1) is 0 Å². The van der Waals surface area contributed by atoms with E-state index in [4.69, 9.17) is 15.2 Å². The van der Waals surface area contributed by atoms with Gasteiger partial charge in [0.15, 0.2) is 0 Å². The van der Waals surface area contributed by atoms with E-state index in [9.17, 15) is 4.79 Å². The minimum absolute atomic E-state index is 0.156. The van der Waals surface area contributed by atoms with Gasteiger partial charge in [0.05, 0.1) is 13.2 Å². The summed E-state index contributed by atoms with van der Waals surface area (Å²) in [5.41, 5.74) is 6.55. The van der Waals surface area contributed by atoms with E-state index >= 15 is 0 Å². The fraction of sp³-hybridized carbons (Fsp3) is 0.571. The zero-order chi connectivity index (χ0) is 14.8. The van der Waals surface area contributed by atoms with Crippen molar-refractivity contribution in [3.05, 3.63) is 24.0 Å². The van der Waals surface area contributed by atoms with Crippen LogP contribution < -0.4 is 5.73 Å². The molecule has 0 aliphatic heterocycles. The third kappa shape index (κ3) is 5.54. The van der Waals surface area contributed by atoms with E-state index in [1.165, 1.54) is 6.20 Å². The van der Waals surface area contributed by atoms with Crippen molar-refractivity contribution in [1.82, 2.24) is 9.88 Å². The number of hydrogen-bond donors (Lipinski definition) is 1. The highest BCUT2D eigenvalue weighted by molar-refractivity contribution is 5.93. The molecule has 0 bridgehead atoms. The molecule has 1 rings (SSSR count). The second-order valence-corrected chi connectivity index (χ2v) is 4.16. The highest BCUT2D eigenvalue weighted by atomic mass is 16.5. The molecule has 0 fully saturated rings. The van der Waals surface area contributed by atoms with Gasteiger partial charge < -0.3 is 20.1 Å². The Labute approximate surface area is 119 Å². The van der Waals surface area contributed by atoms with Gasteiger partial charge in [-0.05, 0) is 26.0 Å². The fourth-order valence-corrected chi connectivity index (χ4v) is 1.68. The van der Waals surface area contributed by atoms with Crippen molar-refractivity contribution in [2.45, 2.75) is 13.8 Å². The molecule has 112 valence electrons. The van der Waals surface area contributed by atoms with Crippen molar-refractivity contribution in [3.63, 3.8) is 0 Å². The van der Waals surface area contributed by atoms with E-state index in [2.05, 4.69) is 4.98 Å². The lowest BCUT2D eigenvalue weighted by Gasteiger charge is -2.22. The van der Waals surface area contributed by atoms with E-state index in [1.807, 2.05) is 13.8 Å². The maximum atomic E-state index is 12.4. The quantitative estimate of drug-likeness (QED) is 0.688. The first-order valence-corrected chi connectivity index (χ1v) is 6.85. The Balaban J connectivity index is 2.66. The van der Waals surface area contributed by atoms with Gasteiger partial charge in [-0.1, -0.05) is 0 Å². The predicted octanol–water partition coefficient (Wildman–Crippen LogP) is 1.18. The van der Waals surface area contributed by atoms with Gasteiger partial charge in [0.1, 0.15) is 5.69 Å². The van der Waals surface area contributed by atoms with E-state index in [-0.39, 0.29) is 5.91 Å². The molecule has 1 aromatic rings. The Morgan fingerprint density at radius 1 is 1.25 bits per heavy atom. The van der Waals surface area contributed by atoms with Crippen molar-refractivity contribution in [2.24, 2.45) is 0 Å². The third-order valence-corrected chi connectivity index (χ3v) is 2.71. The maximum Gasteiger partial charge on any atom is 0.272 e. The molecule has 0 saturated carbocycles. The SMILES string of the molecule is CCOCCN(CCOCC)C(=O)c1cc(N)ccn1. The first kappa shape index (κ1) is 16.4. The average molecular weight is 281 g/mol. The molecule has 0 spiro atoms. The van der Waals surface area contributed by atoms with Crippen LogP contribution in [0.3, 0.4) is 0 Å². The highest BCUT2D eigenvalue weighted by Crippen LogP contribution is 2.06. The maximum absolute atomic E-state index is 12.4. The lowest BCUT2D eigenvalue weighted by molar-refractivity contribution is 0.0545. The zero-order valence-corrected chi connectivity index (χ0v) is 12.2. The van der Waals surface area contributed by atoms with E-state index in [0.29, 0.717) is 50.9 Å². The number of nitrogens with zero attached hydrogens (tertiary/aromatic N) is 2. The normalized spacial score (nSPS) is 10.5. The van der Waals surface area contributed by atoms with Crippen LogP contribution in [0.4, 0.5) is 5.69 Å². The molecule has 0 radical (unpaired) electrons. The van der Waals surface area contributed by atoms with Crippen LogP contribution in [0.15, 0.2) is 18.3 Å². The molecular formula is C14H23N3O3. The molecule has 6 nitrogen and oxygen atoms in total. The molecule has 1 amide bonds. The summed E-state index contributed by atoms with van der Waals surface area (Å²) in [4.78, 5) is 18.1. The molecule has 0 aliphatic carbocycles. The molecule has 1 aromatic heterocycles. The van der Waals surface area contributed by atoms with E-state index in [1.54, 1.807) is 17.0 Å². The van der Waals surface area contributed by atoms with Gasteiger partial charge in [-0.25, -0.2) is 0 Å². The smallest absolute Gasteiger partial charge is 0.272 e. The second kappa shape index (κ2) is 9.28. The van der Waals surface area contributed by atoms with Crippen LogP contribution in [0, 0.1) is 0 Å². The number of nitrogen functional groups attached to an aromatic ring is 1. The van der Waals surface area contributed by atoms with E-state index < -0.39 is 0 Å². The van der Waals surface area contributed by atoms with Crippen molar-refractivity contribution in [3.8, 4) is 0 Å². The van der Waals surface area contributed by atoms with Crippen molar-refractivity contribution >= 4 is 11.6 Å². The number of pyridine rings is 1. The van der Waals surface area contributed by atoms with Crippen LogP contribution in [0.5, 0.6) is 0 Å². The number of carbonyl (C=O) groups is 1. The monoisotopic (exact) mass is 281 g/mol. The summed E-state index contributed by atoms with van der Waals surface area (Å²) in [5, 5.41) is 0. The molecule has 0 saturated heterocycles. The Morgan fingerprint density at radius 3 is 2.35 bits per heavy atom. The number of nitrogens with two attached hydrogens (primary N) is 1. The number of amides is 1. The molecule has 20 heavy (non-hydrogen) atoms. The number of aromatic nitrogens is 1. The Morgan fingerprint density at radius 2 is 1.85 bits per heavy atom. The summed E-state index contributed by atoms with van der Waals surface area (Å²) in [6, 6.07) is 3.23. The van der Waals surface area contributed by atoms with Gasteiger partial charge in [0, 0.05) is 38.2 Å². The molecule has 2 N–H and O–H groups in total. The number of ether oxygens (including phenoxy) is 2. The Kier molecular flexibility index (Phi) is 7.60. The van der Waals surface area contributed by atoms with Gasteiger partial charge in [0.25, 0.3) is 5.91 Å². The lowest BCUT2D eigenvalue weighted by atomic mass is 10.3. The van der Waals surface area contributed by atoms with Gasteiger partial charge in [0.2, 0.25) is 0 Å². The summed E-state index contributed by atoms with van der Waals surface area (Å²) in [7, 11) is 0. The molecular weight excluding hydrogens is 258 g/mol. The van der Waals surface area contributed by atoms with Crippen LogP contribution in [-0.4, -0.2) is 55.3 Å². The summed E-state index contributed by atoms with van der Waals surface area (Å²) >= 11 is 0. The average Bonchev–Trinajstić information content (AvgIpc) is 2.45. The van der Waals surface area contributed by atoms with Gasteiger partial charge in [-0.2, -0.15) is 0 Å². The van der Waals surface area contributed by atoms with Crippen molar-refractivity contribution in [2.75, 3.05) is 45.3 Å². The van der Waals surface area contributed by atoms with Crippen LogP contribution >= 0.6 is 0 Å². The van der Waals surface area contributed by atoms with Gasteiger partial charge in [-0.3, -0.25) is 9.78 Å². The minimum atomic E-state index is -0.156. The first-order valence-electron chi connectivity index (χ1n) is 6.85. The molecule has 0 unspecified atom stereocenters. The zero-order valence-electron chi connectivity index (χ0n) is 12.2. The van der Waals surface area contributed by atoms with Crippen LogP contribution in [0.2, 0.25) is 0 Å². The lowest BCUT2D eigenvalue weighted by Crippen LogP contribution is -2.37. The summed E-state index contributed by atoms with van der Waals surface area (Å²) in [6.45, 7) is 7.12. The summed E-state index contributed by atoms with van der Waals surface area (Å²) in [5.74, 6) is -0.156. The fourth-order valence-electron chi connectivity index (χ4n) is 1.68. The summed E-state index contributed by atoms with van der Waals surface area (Å²) in [6.07, 6.45) is 1.53. The predicted molar refractivity (Wildman–Crippen MR) is 77.5 cm³/mol.